The van der Waals surface area contributed by atoms with E-state index < -0.39 is 23.7 Å². The van der Waals surface area contributed by atoms with E-state index in [2.05, 4.69) is 0 Å². The van der Waals surface area contributed by atoms with Crippen LogP contribution in [0.2, 0.25) is 0 Å². The van der Waals surface area contributed by atoms with E-state index in [1.807, 2.05) is 47.4 Å². The van der Waals surface area contributed by atoms with Crippen molar-refractivity contribution in [2.45, 2.75) is 5.92 Å². The van der Waals surface area contributed by atoms with Crippen molar-refractivity contribution in [1.29, 1.82) is 0 Å². The summed E-state index contributed by atoms with van der Waals surface area (Å²) in [5.41, 5.74) is 8.99. The zero-order valence-corrected chi connectivity index (χ0v) is 21.2. The van der Waals surface area contributed by atoms with Gasteiger partial charge in [-0.1, -0.05) is 54.6 Å². The summed E-state index contributed by atoms with van der Waals surface area (Å²) in [7, 11) is 0. The summed E-state index contributed by atoms with van der Waals surface area (Å²) < 4.78 is 5.47. The van der Waals surface area contributed by atoms with Gasteiger partial charge in [0.2, 0.25) is 0 Å². The number of nitrogens with two attached hydrogens (primary N) is 1. The molecule has 1 aromatic heterocycles. The van der Waals surface area contributed by atoms with E-state index in [0.29, 0.717) is 53.7 Å². The second kappa shape index (κ2) is 9.59. The van der Waals surface area contributed by atoms with Gasteiger partial charge in [-0.15, -0.1) is 11.3 Å². The zero-order chi connectivity index (χ0) is 26.4. The number of anilines is 2. The molecular weight excluding hydrogens is 502 g/mol. The lowest BCUT2D eigenvalue weighted by atomic mass is 9.88. The van der Waals surface area contributed by atoms with Crippen molar-refractivity contribution in [3.8, 4) is 0 Å². The van der Waals surface area contributed by atoms with Gasteiger partial charge in [-0.3, -0.25) is 14.5 Å². The first-order chi connectivity index (χ1) is 18.4. The number of fused-ring (bicyclic) bond motifs is 2. The SMILES string of the molecule is Nc1c(N2CCOCC2)sc(C(=O)O)c1C(CN1C(=O)c2ccccc2C1=O)c1ccc2ccccc2c1. The minimum Gasteiger partial charge on any atom is -0.477 e. The van der Waals surface area contributed by atoms with Crippen molar-refractivity contribution >= 4 is 50.6 Å². The van der Waals surface area contributed by atoms with Crippen LogP contribution < -0.4 is 10.6 Å². The lowest BCUT2D eigenvalue weighted by Gasteiger charge is -2.28. The first kappa shape index (κ1) is 24.1. The Morgan fingerprint density at radius 1 is 0.947 bits per heavy atom. The maximum atomic E-state index is 13.3. The van der Waals surface area contributed by atoms with Gasteiger partial charge >= 0.3 is 5.97 Å². The predicted molar refractivity (Wildman–Crippen MR) is 146 cm³/mol. The second-order valence-corrected chi connectivity index (χ2v) is 10.4. The molecule has 1 saturated heterocycles. The lowest BCUT2D eigenvalue weighted by molar-refractivity contribution is 0.0649. The van der Waals surface area contributed by atoms with Gasteiger partial charge < -0.3 is 20.5 Å². The van der Waals surface area contributed by atoms with Crippen molar-refractivity contribution in [2.24, 2.45) is 0 Å². The van der Waals surface area contributed by atoms with E-state index in [9.17, 15) is 19.5 Å². The van der Waals surface area contributed by atoms with Crippen LogP contribution in [0, 0.1) is 0 Å². The van der Waals surface area contributed by atoms with Gasteiger partial charge in [0.1, 0.15) is 9.88 Å². The molecule has 6 rings (SSSR count). The van der Waals surface area contributed by atoms with Gasteiger partial charge in [-0.25, -0.2) is 4.79 Å². The minimum atomic E-state index is -1.09. The Bertz CT molecular complexity index is 1560. The Hall–Kier alpha value is -4.21. The smallest absolute Gasteiger partial charge is 0.346 e. The van der Waals surface area contributed by atoms with Crippen LogP contribution in [0.25, 0.3) is 10.8 Å². The van der Waals surface area contributed by atoms with Crippen molar-refractivity contribution in [3.05, 3.63) is 93.9 Å². The van der Waals surface area contributed by atoms with Crippen molar-refractivity contribution < 1.29 is 24.2 Å². The quantitative estimate of drug-likeness (QED) is 0.356. The van der Waals surface area contributed by atoms with Gasteiger partial charge in [-0.2, -0.15) is 0 Å². The number of ether oxygens (including phenoxy) is 1. The fourth-order valence-electron chi connectivity index (χ4n) is 5.33. The van der Waals surface area contributed by atoms with Crippen LogP contribution in [0.5, 0.6) is 0 Å². The van der Waals surface area contributed by atoms with Crippen LogP contribution in [0.3, 0.4) is 0 Å². The third-order valence-electron chi connectivity index (χ3n) is 7.22. The van der Waals surface area contributed by atoms with Crippen LogP contribution in [0.4, 0.5) is 10.7 Å². The van der Waals surface area contributed by atoms with Crippen LogP contribution in [-0.4, -0.2) is 60.6 Å². The number of amides is 2. The number of imide groups is 1. The van der Waals surface area contributed by atoms with Gasteiger partial charge in [0.25, 0.3) is 11.8 Å². The number of morpholine rings is 1. The highest BCUT2D eigenvalue weighted by Crippen LogP contribution is 2.46. The lowest BCUT2D eigenvalue weighted by Crippen LogP contribution is -2.36. The molecule has 192 valence electrons. The van der Waals surface area contributed by atoms with Crippen LogP contribution >= 0.6 is 11.3 Å². The third-order valence-corrected chi connectivity index (χ3v) is 8.49. The molecule has 2 aliphatic heterocycles. The maximum absolute atomic E-state index is 13.3. The number of carboxylic acids is 1. The molecule has 0 aliphatic carbocycles. The normalized spacial score (nSPS) is 16.2. The molecule has 38 heavy (non-hydrogen) atoms. The fraction of sp³-hybridized carbons (Fsp3) is 0.207. The Kier molecular flexibility index (Phi) is 6.09. The summed E-state index contributed by atoms with van der Waals surface area (Å²) in [5.74, 6) is -2.52. The molecule has 1 fully saturated rings. The molecule has 1 unspecified atom stereocenters. The number of hydrogen-bond donors (Lipinski definition) is 2. The summed E-state index contributed by atoms with van der Waals surface area (Å²) in [6.07, 6.45) is 0. The monoisotopic (exact) mass is 527 g/mol. The van der Waals surface area contributed by atoms with Crippen molar-refractivity contribution in [1.82, 2.24) is 4.90 Å². The number of aromatic carboxylic acids is 1. The average Bonchev–Trinajstić information content (AvgIpc) is 3.41. The van der Waals surface area contributed by atoms with Gasteiger partial charge in [0.05, 0.1) is 30.0 Å². The highest BCUT2D eigenvalue weighted by Gasteiger charge is 2.39. The van der Waals surface area contributed by atoms with Crippen LogP contribution in [0.1, 0.15) is 47.4 Å². The zero-order valence-electron chi connectivity index (χ0n) is 20.4. The highest BCUT2D eigenvalue weighted by molar-refractivity contribution is 7.18. The summed E-state index contributed by atoms with van der Waals surface area (Å²) in [5, 5.41) is 12.9. The molecule has 4 aromatic rings. The topological polar surface area (TPSA) is 113 Å². The van der Waals surface area contributed by atoms with E-state index in [-0.39, 0.29) is 11.4 Å². The van der Waals surface area contributed by atoms with Gasteiger partial charge in [-0.05, 0) is 28.5 Å². The summed E-state index contributed by atoms with van der Waals surface area (Å²) in [6.45, 7) is 2.22. The molecule has 0 bridgehead atoms. The predicted octanol–water partition coefficient (Wildman–Crippen LogP) is 4.45. The molecule has 3 aromatic carbocycles. The van der Waals surface area contributed by atoms with Crippen molar-refractivity contribution in [3.63, 3.8) is 0 Å². The molecule has 9 heteroatoms. The Balaban J connectivity index is 1.50. The minimum absolute atomic E-state index is 0.0333. The molecular formula is C29H25N3O5S. The van der Waals surface area contributed by atoms with E-state index in [1.54, 1.807) is 24.3 Å². The van der Waals surface area contributed by atoms with E-state index in [0.717, 1.165) is 27.7 Å². The molecule has 2 aliphatic rings. The molecule has 0 saturated carbocycles. The van der Waals surface area contributed by atoms with Gasteiger partial charge in [0, 0.05) is 31.1 Å². The summed E-state index contributed by atoms with van der Waals surface area (Å²) in [4.78, 5) is 42.5. The molecule has 3 heterocycles. The molecule has 3 N–H and O–H groups in total. The number of nitrogen functional groups attached to an aromatic ring is 1. The van der Waals surface area contributed by atoms with Gasteiger partial charge in [0.15, 0.2) is 0 Å². The summed E-state index contributed by atoms with van der Waals surface area (Å²) >= 11 is 1.13. The first-order valence-corrected chi connectivity index (χ1v) is 13.2. The second-order valence-electron chi connectivity index (χ2n) is 9.39. The molecule has 0 spiro atoms. The number of benzene rings is 3. The Morgan fingerprint density at radius 2 is 1.58 bits per heavy atom. The van der Waals surface area contributed by atoms with Crippen LogP contribution in [-0.2, 0) is 4.74 Å². The van der Waals surface area contributed by atoms with E-state index in [4.69, 9.17) is 10.5 Å². The first-order valence-electron chi connectivity index (χ1n) is 12.4. The Morgan fingerprint density at radius 3 is 2.24 bits per heavy atom. The number of carboxylic acid groups (broad SMARTS) is 1. The van der Waals surface area contributed by atoms with Crippen molar-refractivity contribution in [2.75, 3.05) is 43.5 Å². The van der Waals surface area contributed by atoms with Crippen LogP contribution in [0.15, 0.2) is 66.7 Å². The third kappa shape index (κ3) is 4.00. The average molecular weight is 528 g/mol. The number of nitrogens with zero attached hydrogens (tertiary/aromatic N) is 2. The molecule has 0 radical (unpaired) electrons. The Labute approximate surface area is 222 Å². The number of carbonyl (C=O) groups excluding carboxylic acids is 2. The number of thiophene rings is 1. The largest absolute Gasteiger partial charge is 0.477 e. The molecule has 1 atom stereocenters. The summed E-state index contributed by atoms with van der Waals surface area (Å²) in [6, 6.07) is 20.4. The number of carbonyl (C=O) groups is 3. The van der Waals surface area contributed by atoms with E-state index in [1.165, 1.54) is 4.90 Å². The standard InChI is InChI=1S/C29H25N3O5S/c30-24-23(25(29(35)36)38-28(24)31-11-13-37-14-12-31)22(19-10-9-17-5-1-2-6-18(17)15-19)16-32-26(33)20-7-3-4-8-21(20)27(32)34/h1-10,15,22H,11-14,16,30H2,(H,35,36). The number of rotatable bonds is 6. The maximum Gasteiger partial charge on any atom is 0.346 e. The van der Waals surface area contributed by atoms with E-state index >= 15 is 0 Å². The number of hydrogen-bond acceptors (Lipinski definition) is 7. The molecule has 8 nitrogen and oxygen atoms in total. The molecule has 2 amide bonds. The fourth-order valence-corrected chi connectivity index (χ4v) is 6.50. The highest BCUT2D eigenvalue weighted by atomic mass is 32.1.